The summed E-state index contributed by atoms with van der Waals surface area (Å²) in [5.74, 6) is -1.50. The molecule has 2 fully saturated rings. The van der Waals surface area contributed by atoms with Gasteiger partial charge >= 0.3 is 12.1 Å². The zero-order chi connectivity index (χ0) is 19.9. The zero-order valence-electron chi connectivity index (χ0n) is 14.8. The molecule has 1 aliphatic carbocycles. The van der Waals surface area contributed by atoms with Gasteiger partial charge in [-0.3, -0.25) is 9.59 Å². The third-order valence-electron chi connectivity index (χ3n) is 4.81. The van der Waals surface area contributed by atoms with Gasteiger partial charge in [0.05, 0.1) is 6.54 Å². The molecule has 0 unspecified atom stereocenters. The van der Waals surface area contributed by atoms with E-state index in [1.807, 2.05) is 0 Å². The zero-order valence-corrected chi connectivity index (χ0v) is 14.8. The minimum atomic E-state index is -4.69. The van der Waals surface area contributed by atoms with Crippen LogP contribution in [0.5, 0.6) is 0 Å². The van der Waals surface area contributed by atoms with E-state index >= 15 is 0 Å². The van der Waals surface area contributed by atoms with Crippen LogP contribution in [0.4, 0.5) is 13.2 Å². The number of hydrogen-bond acceptors (Lipinski definition) is 5. The Kier molecular flexibility index (Phi) is 4.56. The van der Waals surface area contributed by atoms with Crippen LogP contribution in [0.15, 0.2) is 28.8 Å². The number of carbonyl (C=O) groups excluding carboxylic acids is 2. The number of carbonyl (C=O) groups is 2. The maximum atomic E-state index is 12.5. The van der Waals surface area contributed by atoms with E-state index < -0.39 is 12.1 Å². The lowest BCUT2D eigenvalue weighted by molar-refractivity contribution is -0.159. The molecule has 1 aromatic carbocycles. The summed E-state index contributed by atoms with van der Waals surface area (Å²) < 4.78 is 41.9. The van der Waals surface area contributed by atoms with Crippen LogP contribution >= 0.6 is 0 Å². The summed E-state index contributed by atoms with van der Waals surface area (Å²) in [5.41, 5.74) is 1.20. The van der Waals surface area contributed by atoms with Crippen LogP contribution in [0.25, 0.3) is 11.4 Å². The van der Waals surface area contributed by atoms with Crippen molar-refractivity contribution in [2.45, 2.75) is 25.6 Å². The third-order valence-corrected chi connectivity index (χ3v) is 4.81. The maximum Gasteiger partial charge on any atom is 0.471 e. The smallest absolute Gasteiger partial charge is 0.335 e. The molecule has 1 aliphatic heterocycles. The van der Waals surface area contributed by atoms with Gasteiger partial charge < -0.3 is 14.3 Å². The quantitative estimate of drug-likeness (QED) is 0.795. The highest BCUT2D eigenvalue weighted by Gasteiger charge is 2.39. The Morgan fingerprint density at radius 1 is 1.18 bits per heavy atom. The molecule has 148 valence electrons. The number of nitrogens with zero attached hydrogens (tertiary/aromatic N) is 4. The van der Waals surface area contributed by atoms with Gasteiger partial charge in [0.2, 0.25) is 17.6 Å². The van der Waals surface area contributed by atoms with Gasteiger partial charge in [-0.05, 0) is 18.4 Å². The van der Waals surface area contributed by atoms with Crippen molar-refractivity contribution in [2.75, 3.05) is 19.6 Å². The van der Waals surface area contributed by atoms with Crippen molar-refractivity contribution < 1.29 is 27.3 Å². The Hall–Kier alpha value is -2.91. The van der Waals surface area contributed by atoms with Gasteiger partial charge in [-0.25, -0.2) is 0 Å². The molecular formula is C18H17F3N4O3. The minimum Gasteiger partial charge on any atom is -0.335 e. The summed E-state index contributed by atoms with van der Waals surface area (Å²) in [4.78, 5) is 31.0. The van der Waals surface area contributed by atoms with Crippen LogP contribution in [0.3, 0.4) is 0 Å². The van der Waals surface area contributed by atoms with Gasteiger partial charge in [-0.1, -0.05) is 29.4 Å². The van der Waals surface area contributed by atoms with Crippen molar-refractivity contribution in [1.82, 2.24) is 19.9 Å². The Labute approximate surface area is 158 Å². The molecule has 4 rings (SSSR count). The van der Waals surface area contributed by atoms with Gasteiger partial charge in [-0.15, -0.1) is 0 Å². The number of alkyl halides is 3. The predicted molar refractivity (Wildman–Crippen MR) is 89.5 cm³/mol. The number of halogens is 3. The molecule has 2 amide bonds. The summed E-state index contributed by atoms with van der Waals surface area (Å²) >= 11 is 0. The Bertz CT molecular complexity index is 890. The molecule has 0 N–H and O–H groups in total. The lowest BCUT2D eigenvalue weighted by Crippen LogP contribution is -2.52. The normalized spacial score (nSPS) is 17.9. The first kappa shape index (κ1) is 18.5. The highest BCUT2D eigenvalue weighted by molar-refractivity contribution is 5.88. The number of benzene rings is 1. The fourth-order valence-corrected chi connectivity index (χ4v) is 3.09. The van der Waals surface area contributed by atoms with Crippen LogP contribution in [0.2, 0.25) is 0 Å². The first-order valence-corrected chi connectivity index (χ1v) is 8.88. The van der Waals surface area contributed by atoms with Gasteiger partial charge in [0.15, 0.2) is 0 Å². The molecule has 2 aromatic rings. The van der Waals surface area contributed by atoms with Crippen molar-refractivity contribution in [1.29, 1.82) is 0 Å². The average molecular weight is 394 g/mol. The van der Waals surface area contributed by atoms with Crippen LogP contribution in [-0.2, 0) is 22.3 Å². The number of piperazine rings is 1. The number of hydrogen-bond donors (Lipinski definition) is 0. The highest BCUT2D eigenvalue weighted by Crippen LogP contribution is 2.31. The molecule has 1 saturated carbocycles. The molecule has 10 heteroatoms. The molecule has 0 bridgehead atoms. The number of amides is 2. The topological polar surface area (TPSA) is 79.5 Å². The first-order valence-electron chi connectivity index (χ1n) is 8.88. The third kappa shape index (κ3) is 3.85. The van der Waals surface area contributed by atoms with Gasteiger partial charge in [0, 0.05) is 31.1 Å². The van der Waals surface area contributed by atoms with Crippen LogP contribution < -0.4 is 0 Å². The molecule has 0 spiro atoms. The van der Waals surface area contributed by atoms with Gasteiger partial charge in [0.1, 0.15) is 0 Å². The van der Waals surface area contributed by atoms with Gasteiger partial charge in [-0.2, -0.15) is 18.2 Å². The fraction of sp³-hybridized carbons (Fsp3) is 0.444. The Balaban J connectivity index is 1.37. The van der Waals surface area contributed by atoms with E-state index in [1.165, 1.54) is 0 Å². The summed E-state index contributed by atoms with van der Waals surface area (Å²) in [7, 11) is 0. The summed E-state index contributed by atoms with van der Waals surface area (Å²) in [6, 6.07) is 6.57. The molecule has 28 heavy (non-hydrogen) atoms. The monoisotopic (exact) mass is 394 g/mol. The average Bonchev–Trinajstić information content (AvgIpc) is 3.38. The van der Waals surface area contributed by atoms with E-state index in [0.29, 0.717) is 25.2 Å². The van der Waals surface area contributed by atoms with Crippen molar-refractivity contribution in [3.63, 3.8) is 0 Å². The Morgan fingerprint density at radius 2 is 1.89 bits per heavy atom. The second kappa shape index (κ2) is 6.92. The maximum absolute atomic E-state index is 12.5. The summed E-state index contributed by atoms with van der Waals surface area (Å²) in [6.45, 7) is 1.43. The van der Waals surface area contributed by atoms with Crippen molar-refractivity contribution in [3.05, 3.63) is 35.7 Å². The molecule has 2 aliphatic rings. The molecule has 2 heterocycles. The summed E-state index contributed by atoms with van der Waals surface area (Å²) in [6.07, 6.45) is -2.87. The second-order valence-corrected chi connectivity index (χ2v) is 6.97. The number of aromatic nitrogens is 2. The van der Waals surface area contributed by atoms with Crippen LogP contribution in [0, 0.1) is 5.92 Å². The Morgan fingerprint density at radius 3 is 2.46 bits per heavy atom. The molecule has 1 aromatic heterocycles. The van der Waals surface area contributed by atoms with Crippen LogP contribution in [-0.4, -0.2) is 51.4 Å². The predicted octanol–water partition coefficient (Wildman–Crippen LogP) is 2.34. The molecule has 0 radical (unpaired) electrons. The second-order valence-electron chi connectivity index (χ2n) is 6.97. The molecule has 7 nitrogen and oxygen atoms in total. The van der Waals surface area contributed by atoms with Crippen molar-refractivity contribution >= 4 is 11.8 Å². The molecular weight excluding hydrogens is 377 g/mol. The largest absolute Gasteiger partial charge is 0.471 e. The van der Waals surface area contributed by atoms with Crippen molar-refractivity contribution in [3.8, 4) is 11.4 Å². The lowest BCUT2D eigenvalue weighted by Gasteiger charge is -2.34. The van der Waals surface area contributed by atoms with E-state index in [2.05, 4.69) is 14.7 Å². The minimum absolute atomic E-state index is 0.0655. The number of rotatable bonds is 4. The standard InChI is InChI=1S/C18H17F3N4O3/c19-18(20,21)17-22-15(23-28-17)12-3-1-11(2-4-12)9-24-7-8-25(10-14(24)26)16(27)13-5-6-13/h1-4,13H,5-10H2. The first-order chi connectivity index (χ1) is 13.3. The molecule has 1 saturated heterocycles. The SMILES string of the molecule is O=C1CN(C(=O)C2CC2)CCN1Cc1ccc(-c2noc(C(F)(F)F)n2)cc1. The lowest BCUT2D eigenvalue weighted by atomic mass is 10.1. The van der Waals surface area contributed by atoms with E-state index in [1.54, 1.807) is 34.1 Å². The molecule has 0 atom stereocenters. The summed E-state index contributed by atoms with van der Waals surface area (Å²) in [5, 5.41) is 3.35. The van der Waals surface area contributed by atoms with Crippen molar-refractivity contribution in [2.24, 2.45) is 5.92 Å². The van der Waals surface area contributed by atoms with E-state index in [9.17, 15) is 22.8 Å². The highest BCUT2D eigenvalue weighted by atomic mass is 19.4. The van der Waals surface area contributed by atoms with Gasteiger partial charge in [0.25, 0.3) is 0 Å². The van der Waals surface area contributed by atoms with E-state index in [4.69, 9.17) is 0 Å². The van der Waals surface area contributed by atoms with E-state index in [-0.39, 0.29) is 30.1 Å². The van der Waals surface area contributed by atoms with E-state index in [0.717, 1.165) is 18.4 Å². The van der Waals surface area contributed by atoms with Crippen LogP contribution in [0.1, 0.15) is 24.3 Å². The fourth-order valence-electron chi connectivity index (χ4n) is 3.09.